The zero-order valence-electron chi connectivity index (χ0n) is 15.7. The topological polar surface area (TPSA) is 94.8 Å². The third-order valence-corrected chi connectivity index (χ3v) is 8.23. The highest BCUT2D eigenvalue weighted by Gasteiger charge is 2.68. The fraction of sp³-hybridized carbons (Fsp3) is 0.714. The largest absolute Gasteiger partial charge is 0.393 e. The van der Waals surface area contributed by atoms with Gasteiger partial charge >= 0.3 is 0 Å². The second kappa shape index (κ2) is 5.82. The van der Waals surface area contributed by atoms with Gasteiger partial charge in [0.2, 0.25) is 0 Å². The van der Waals surface area contributed by atoms with Crippen molar-refractivity contribution >= 4 is 11.6 Å². The van der Waals surface area contributed by atoms with E-state index >= 15 is 4.39 Å². The third kappa shape index (κ3) is 2.26. The number of ketones is 2. The molecule has 3 saturated carbocycles. The van der Waals surface area contributed by atoms with Crippen molar-refractivity contribution in [3.8, 4) is 0 Å². The fourth-order valence-electron chi connectivity index (χ4n) is 6.93. The predicted octanol–water partition coefficient (Wildman–Crippen LogP) is 1.51. The van der Waals surface area contributed by atoms with Crippen LogP contribution in [0.2, 0.25) is 0 Å². The number of fused-ring (bicyclic) bond motifs is 5. The molecule has 5 nitrogen and oxygen atoms in total. The first-order chi connectivity index (χ1) is 12.6. The number of rotatable bonds is 2. The second-order valence-corrected chi connectivity index (χ2v) is 9.29. The molecule has 0 amide bonds. The van der Waals surface area contributed by atoms with Crippen LogP contribution in [0.4, 0.5) is 4.39 Å². The van der Waals surface area contributed by atoms with Gasteiger partial charge in [0.15, 0.2) is 11.6 Å². The molecule has 8 atom stereocenters. The summed E-state index contributed by atoms with van der Waals surface area (Å²) in [5.74, 6) is -1.48. The highest BCUT2D eigenvalue weighted by molar-refractivity contribution is 6.01. The van der Waals surface area contributed by atoms with Crippen molar-refractivity contribution in [2.45, 2.75) is 57.4 Å². The van der Waals surface area contributed by atoms with Crippen molar-refractivity contribution in [3.05, 3.63) is 23.8 Å². The molecule has 27 heavy (non-hydrogen) atoms. The van der Waals surface area contributed by atoms with Gasteiger partial charge < -0.3 is 15.3 Å². The van der Waals surface area contributed by atoms with Crippen LogP contribution in [0, 0.1) is 28.6 Å². The lowest BCUT2D eigenvalue weighted by atomic mass is 9.46. The van der Waals surface area contributed by atoms with Gasteiger partial charge in [0.05, 0.1) is 6.10 Å². The van der Waals surface area contributed by atoms with Crippen molar-refractivity contribution in [2.24, 2.45) is 28.6 Å². The molecule has 0 aromatic heterocycles. The molecule has 4 aliphatic carbocycles. The summed E-state index contributed by atoms with van der Waals surface area (Å²) in [5, 5.41) is 31.6. The first kappa shape index (κ1) is 19.0. The number of hydrogen-bond donors (Lipinski definition) is 3. The predicted molar refractivity (Wildman–Crippen MR) is 95.3 cm³/mol. The van der Waals surface area contributed by atoms with Gasteiger partial charge in [-0.3, -0.25) is 9.59 Å². The summed E-state index contributed by atoms with van der Waals surface area (Å²) >= 11 is 0. The van der Waals surface area contributed by atoms with Crippen molar-refractivity contribution < 1.29 is 29.3 Å². The van der Waals surface area contributed by atoms with Crippen LogP contribution in [0.15, 0.2) is 23.8 Å². The summed E-state index contributed by atoms with van der Waals surface area (Å²) in [7, 11) is 0. The van der Waals surface area contributed by atoms with E-state index in [0.717, 1.165) is 0 Å². The molecule has 0 spiro atoms. The average Bonchev–Trinajstić information content (AvgIpc) is 2.87. The Kier molecular flexibility index (Phi) is 4.09. The Balaban J connectivity index is 1.78. The molecule has 4 rings (SSSR count). The van der Waals surface area contributed by atoms with Gasteiger partial charge in [-0.2, -0.15) is 0 Å². The Labute approximate surface area is 158 Å². The number of hydrogen-bond acceptors (Lipinski definition) is 5. The van der Waals surface area contributed by atoms with Crippen LogP contribution in [-0.4, -0.2) is 51.4 Å². The molecule has 2 unspecified atom stereocenters. The molecule has 3 N–H and O–H groups in total. The lowest BCUT2D eigenvalue weighted by Crippen LogP contribution is -2.62. The Hall–Kier alpha value is -1.37. The maximum atomic E-state index is 15.1. The third-order valence-electron chi connectivity index (χ3n) is 8.23. The van der Waals surface area contributed by atoms with E-state index in [9.17, 15) is 24.9 Å². The van der Waals surface area contributed by atoms with Gasteiger partial charge in [-0.15, -0.1) is 0 Å². The summed E-state index contributed by atoms with van der Waals surface area (Å²) in [6.07, 6.45) is 3.55. The minimum Gasteiger partial charge on any atom is -0.393 e. The Morgan fingerprint density at radius 3 is 2.74 bits per heavy atom. The van der Waals surface area contributed by atoms with Gasteiger partial charge in [0.1, 0.15) is 18.4 Å². The van der Waals surface area contributed by atoms with Crippen LogP contribution in [-0.2, 0) is 9.59 Å². The number of allylic oxidation sites excluding steroid dienone is 4. The SMILES string of the molecule is C[C@]12C=CC(=O)C=C1C(F)C[C@@H]1[C@@H]2C(O)C[C@@]2(C)[C@H]1CC[C@]2(O)C(=O)CO. The molecule has 0 aromatic rings. The van der Waals surface area contributed by atoms with Gasteiger partial charge in [-0.1, -0.05) is 19.9 Å². The number of aliphatic hydroxyl groups is 3. The molecule has 6 heteroatoms. The van der Waals surface area contributed by atoms with Crippen molar-refractivity contribution in [1.82, 2.24) is 0 Å². The minimum absolute atomic E-state index is 0.131. The molecule has 4 aliphatic rings. The number of Topliss-reactive ketones (excluding diaryl/α,β-unsaturated/α-hetero) is 1. The molecule has 0 aromatic carbocycles. The first-order valence-corrected chi connectivity index (χ1v) is 9.72. The molecular weight excluding hydrogens is 351 g/mol. The number of halogens is 1. The van der Waals surface area contributed by atoms with E-state index < -0.39 is 41.1 Å². The van der Waals surface area contributed by atoms with E-state index in [-0.39, 0.29) is 42.8 Å². The van der Waals surface area contributed by atoms with E-state index in [1.165, 1.54) is 12.2 Å². The fourth-order valence-corrected chi connectivity index (χ4v) is 6.93. The average molecular weight is 378 g/mol. The van der Waals surface area contributed by atoms with E-state index in [1.807, 2.05) is 6.92 Å². The van der Waals surface area contributed by atoms with E-state index in [4.69, 9.17) is 0 Å². The highest BCUT2D eigenvalue weighted by Crippen LogP contribution is 2.67. The summed E-state index contributed by atoms with van der Waals surface area (Å²) in [6, 6.07) is 0. The zero-order valence-corrected chi connectivity index (χ0v) is 15.7. The van der Waals surface area contributed by atoms with E-state index in [1.54, 1.807) is 13.0 Å². The standard InChI is InChI=1S/C21H27FO5/c1-19-5-3-11(24)7-14(19)15(22)8-12-13-4-6-21(27,17(26)10-23)20(13,2)9-16(25)18(12)19/h3,5,7,12-13,15-16,18,23,25,27H,4,6,8-10H2,1-2H3/t12-,13-,15?,16?,18+,19-,20-,21-/m0/s1. The van der Waals surface area contributed by atoms with Gasteiger partial charge in [-0.25, -0.2) is 4.39 Å². The smallest absolute Gasteiger partial charge is 0.190 e. The lowest BCUT2D eigenvalue weighted by Gasteiger charge is -2.60. The minimum atomic E-state index is -1.69. The van der Waals surface area contributed by atoms with Crippen LogP contribution in [0.1, 0.15) is 39.5 Å². The summed E-state index contributed by atoms with van der Waals surface area (Å²) in [5.41, 5.74) is -2.92. The van der Waals surface area contributed by atoms with Crippen LogP contribution in [0.3, 0.4) is 0 Å². The normalized spacial score (nSPS) is 51.3. The monoisotopic (exact) mass is 378 g/mol. The molecule has 148 valence electrons. The first-order valence-electron chi connectivity index (χ1n) is 9.72. The maximum absolute atomic E-state index is 15.1. The highest BCUT2D eigenvalue weighted by atomic mass is 19.1. The Bertz CT molecular complexity index is 760. The molecule has 3 fully saturated rings. The van der Waals surface area contributed by atoms with Crippen LogP contribution >= 0.6 is 0 Å². The van der Waals surface area contributed by atoms with Crippen LogP contribution in [0.5, 0.6) is 0 Å². The number of aliphatic hydroxyl groups excluding tert-OH is 2. The van der Waals surface area contributed by atoms with Crippen LogP contribution in [0.25, 0.3) is 0 Å². The second-order valence-electron chi connectivity index (χ2n) is 9.29. The van der Waals surface area contributed by atoms with Gasteiger partial charge in [0.25, 0.3) is 0 Å². The van der Waals surface area contributed by atoms with Crippen molar-refractivity contribution in [1.29, 1.82) is 0 Å². The van der Waals surface area contributed by atoms with Crippen molar-refractivity contribution in [2.75, 3.05) is 6.61 Å². The number of carbonyl (C=O) groups excluding carboxylic acids is 2. The zero-order chi connectivity index (χ0) is 19.8. The van der Waals surface area contributed by atoms with Crippen LogP contribution < -0.4 is 0 Å². The quantitative estimate of drug-likeness (QED) is 0.677. The summed E-state index contributed by atoms with van der Waals surface area (Å²) < 4.78 is 15.1. The van der Waals surface area contributed by atoms with E-state index in [0.29, 0.717) is 12.0 Å². The Morgan fingerprint density at radius 2 is 2.07 bits per heavy atom. The number of alkyl halides is 1. The van der Waals surface area contributed by atoms with Crippen molar-refractivity contribution in [3.63, 3.8) is 0 Å². The van der Waals surface area contributed by atoms with Gasteiger partial charge in [0, 0.05) is 16.7 Å². The molecular formula is C21H27FO5. The molecule has 0 aliphatic heterocycles. The lowest BCUT2D eigenvalue weighted by molar-refractivity contribution is -0.180. The molecule has 0 radical (unpaired) electrons. The molecule has 0 heterocycles. The summed E-state index contributed by atoms with van der Waals surface area (Å²) in [4.78, 5) is 24.1. The maximum Gasteiger partial charge on any atom is 0.190 e. The number of carbonyl (C=O) groups is 2. The van der Waals surface area contributed by atoms with Gasteiger partial charge in [-0.05, 0) is 55.2 Å². The van der Waals surface area contributed by atoms with E-state index in [2.05, 4.69) is 0 Å². The molecule has 0 saturated heterocycles. The molecule has 0 bridgehead atoms. The summed E-state index contributed by atoms with van der Waals surface area (Å²) in [6.45, 7) is 2.92. The Morgan fingerprint density at radius 1 is 1.37 bits per heavy atom.